The molecule has 1 aliphatic carbocycles. The molecule has 126 valence electrons. The summed E-state index contributed by atoms with van der Waals surface area (Å²) in [5.74, 6) is 2.86. The molecule has 1 fully saturated rings. The quantitative estimate of drug-likeness (QED) is 0.532. The second kappa shape index (κ2) is 5.85. The van der Waals surface area contributed by atoms with Gasteiger partial charge in [-0.2, -0.15) is 0 Å². The Morgan fingerprint density at radius 2 is 2.28 bits per heavy atom. The first kappa shape index (κ1) is 14.9. The van der Waals surface area contributed by atoms with E-state index in [1.807, 2.05) is 11.4 Å². The van der Waals surface area contributed by atoms with Crippen molar-refractivity contribution in [2.45, 2.75) is 29.7 Å². The molecular formula is C16H12N4O3S2. The summed E-state index contributed by atoms with van der Waals surface area (Å²) in [5.41, 5.74) is 0.598. The van der Waals surface area contributed by atoms with Gasteiger partial charge in [-0.15, -0.1) is 21.5 Å². The second-order valence-corrected chi connectivity index (χ2v) is 7.57. The van der Waals surface area contributed by atoms with Gasteiger partial charge in [-0.05, 0) is 25.0 Å². The standard InChI is InChI=1S/C16H12N4O3S2/c21-13-12-9(10-2-1-5-22-10)6-24-15(12)18-11(17-13)7-25-16-20-19-14(23-16)8-3-4-8/h1-2,5-6,8H,3-4,7H2,(H,17,18,21). The van der Waals surface area contributed by atoms with E-state index < -0.39 is 0 Å². The van der Waals surface area contributed by atoms with Crippen LogP contribution in [-0.2, 0) is 5.75 Å². The first-order chi connectivity index (χ1) is 12.3. The molecule has 1 N–H and O–H groups in total. The topological polar surface area (TPSA) is 97.8 Å². The highest BCUT2D eigenvalue weighted by atomic mass is 32.2. The summed E-state index contributed by atoms with van der Waals surface area (Å²) in [7, 11) is 0. The lowest BCUT2D eigenvalue weighted by Crippen LogP contribution is -2.10. The van der Waals surface area contributed by atoms with Crippen molar-refractivity contribution < 1.29 is 8.83 Å². The first-order valence-corrected chi connectivity index (χ1v) is 9.65. The molecule has 0 aromatic carbocycles. The van der Waals surface area contributed by atoms with E-state index in [2.05, 4.69) is 20.2 Å². The number of nitrogens with zero attached hydrogens (tertiary/aromatic N) is 3. The fourth-order valence-corrected chi connectivity index (χ4v) is 4.17. The summed E-state index contributed by atoms with van der Waals surface area (Å²) in [4.78, 5) is 20.6. The molecule has 4 heterocycles. The molecule has 25 heavy (non-hydrogen) atoms. The molecule has 7 nitrogen and oxygen atoms in total. The molecule has 5 rings (SSSR count). The van der Waals surface area contributed by atoms with E-state index in [0.29, 0.717) is 44.6 Å². The predicted molar refractivity (Wildman–Crippen MR) is 93.8 cm³/mol. The lowest BCUT2D eigenvalue weighted by molar-refractivity contribution is 0.414. The molecule has 0 radical (unpaired) electrons. The van der Waals surface area contributed by atoms with Crippen LogP contribution in [0.1, 0.15) is 30.5 Å². The van der Waals surface area contributed by atoms with Gasteiger partial charge < -0.3 is 13.8 Å². The number of H-pyrrole nitrogens is 1. The molecule has 0 spiro atoms. The monoisotopic (exact) mass is 372 g/mol. The maximum atomic E-state index is 12.5. The molecule has 0 atom stereocenters. The number of nitrogens with one attached hydrogen (secondary N) is 1. The zero-order valence-electron chi connectivity index (χ0n) is 12.9. The number of rotatable bonds is 5. The van der Waals surface area contributed by atoms with Gasteiger partial charge in [-0.25, -0.2) is 4.98 Å². The van der Waals surface area contributed by atoms with Crippen LogP contribution in [0.5, 0.6) is 0 Å². The smallest absolute Gasteiger partial charge is 0.277 e. The average Bonchev–Trinajstić information content (AvgIpc) is 3.05. The van der Waals surface area contributed by atoms with E-state index in [1.54, 1.807) is 12.3 Å². The summed E-state index contributed by atoms with van der Waals surface area (Å²) in [6, 6.07) is 3.63. The van der Waals surface area contributed by atoms with E-state index in [0.717, 1.165) is 18.4 Å². The third-order valence-electron chi connectivity index (χ3n) is 3.96. The SMILES string of the molecule is O=c1[nH]c(CSc2nnc(C3CC3)o2)nc2scc(-c3ccco3)c12. The summed E-state index contributed by atoms with van der Waals surface area (Å²) < 4.78 is 11.0. The molecule has 0 saturated heterocycles. The van der Waals surface area contributed by atoms with Gasteiger partial charge in [0.25, 0.3) is 10.8 Å². The molecule has 0 amide bonds. The van der Waals surface area contributed by atoms with Crippen LogP contribution in [0.15, 0.2) is 42.6 Å². The van der Waals surface area contributed by atoms with Gasteiger partial charge in [0.15, 0.2) is 0 Å². The van der Waals surface area contributed by atoms with Crippen molar-refractivity contribution in [3.05, 3.63) is 45.8 Å². The summed E-state index contributed by atoms with van der Waals surface area (Å²) in [6.07, 6.45) is 3.83. The van der Waals surface area contributed by atoms with Crippen LogP contribution < -0.4 is 5.56 Å². The lowest BCUT2D eigenvalue weighted by atomic mass is 10.2. The van der Waals surface area contributed by atoms with E-state index in [1.165, 1.54) is 23.1 Å². The van der Waals surface area contributed by atoms with Crippen LogP contribution in [0.4, 0.5) is 0 Å². The number of thioether (sulfide) groups is 1. The summed E-state index contributed by atoms with van der Waals surface area (Å²) >= 11 is 2.80. The Labute approximate surface area is 149 Å². The van der Waals surface area contributed by atoms with E-state index in [-0.39, 0.29) is 5.56 Å². The van der Waals surface area contributed by atoms with Crippen LogP contribution in [0.25, 0.3) is 21.5 Å². The molecule has 4 aromatic rings. The molecule has 4 aromatic heterocycles. The highest BCUT2D eigenvalue weighted by Gasteiger charge is 2.29. The summed E-state index contributed by atoms with van der Waals surface area (Å²) in [6.45, 7) is 0. The third-order valence-corrected chi connectivity index (χ3v) is 5.66. The fraction of sp³-hybridized carbons (Fsp3) is 0.250. The molecule has 1 saturated carbocycles. The maximum Gasteiger partial charge on any atom is 0.277 e. The Bertz CT molecular complexity index is 1090. The molecular weight excluding hydrogens is 360 g/mol. The van der Waals surface area contributed by atoms with Crippen LogP contribution in [0, 0.1) is 0 Å². The maximum absolute atomic E-state index is 12.5. The lowest BCUT2D eigenvalue weighted by Gasteiger charge is -1.99. The second-order valence-electron chi connectivity index (χ2n) is 5.79. The largest absolute Gasteiger partial charge is 0.464 e. The number of thiophene rings is 1. The zero-order chi connectivity index (χ0) is 16.8. The van der Waals surface area contributed by atoms with E-state index in [4.69, 9.17) is 8.83 Å². The van der Waals surface area contributed by atoms with Crippen molar-refractivity contribution in [2.75, 3.05) is 0 Å². The normalized spacial score (nSPS) is 14.4. The van der Waals surface area contributed by atoms with Crippen molar-refractivity contribution in [3.8, 4) is 11.3 Å². The Morgan fingerprint density at radius 3 is 3.08 bits per heavy atom. The van der Waals surface area contributed by atoms with Gasteiger partial charge in [-0.1, -0.05) is 11.8 Å². The van der Waals surface area contributed by atoms with Crippen LogP contribution >= 0.6 is 23.1 Å². The molecule has 0 unspecified atom stereocenters. The Balaban J connectivity index is 1.41. The first-order valence-electron chi connectivity index (χ1n) is 7.78. The van der Waals surface area contributed by atoms with Crippen LogP contribution in [-0.4, -0.2) is 20.2 Å². The van der Waals surface area contributed by atoms with Crippen molar-refractivity contribution in [1.82, 2.24) is 20.2 Å². The third kappa shape index (κ3) is 2.79. The molecule has 1 aliphatic rings. The molecule has 9 heteroatoms. The fourth-order valence-electron chi connectivity index (χ4n) is 2.58. The van der Waals surface area contributed by atoms with Crippen molar-refractivity contribution in [2.24, 2.45) is 0 Å². The number of furan rings is 1. The van der Waals surface area contributed by atoms with Gasteiger partial charge in [0.2, 0.25) is 5.89 Å². The van der Waals surface area contributed by atoms with E-state index in [9.17, 15) is 4.79 Å². The number of hydrogen-bond donors (Lipinski definition) is 1. The number of fused-ring (bicyclic) bond motifs is 1. The predicted octanol–water partition coefficient (Wildman–Crippen LogP) is 3.80. The number of aromatic amines is 1. The van der Waals surface area contributed by atoms with Gasteiger partial charge in [0.1, 0.15) is 16.4 Å². The Morgan fingerprint density at radius 1 is 1.36 bits per heavy atom. The Kier molecular flexibility index (Phi) is 3.49. The number of aromatic nitrogens is 4. The zero-order valence-corrected chi connectivity index (χ0v) is 14.5. The van der Waals surface area contributed by atoms with Gasteiger partial charge >= 0.3 is 0 Å². The average molecular weight is 372 g/mol. The Hall–Kier alpha value is -2.39. The van der Waals surface area contributed by atoms with E-state index >= 15 is 0 Å². The van der Waals surface area contributed by atoms with Crippen molar-refractivity contribution in [3.63, 3.8) is 0 Å². The minimum Gasteiger partial charge on any atom is -0.464 e. The summed E-state index contributed by atoms with van der Waals surface area (Å²) in [5, 5.41) is 11.0. The molecule has 0 bridgehead atoms. The minimum atomic E-state index is -0.169. The van der Waals surface area contributed by atoms with Crippen LogP contribution in [0.2, 0.25) is 0 Å². The van der Waals surface area contributed by atoms with Gasteiger partial charge in [-0.3, -0.25) is 4.79 Å². The van der Waals surface area contributed by atoms with Gasteiger partial charge in [0.05, 0.1) is 17.4 Å². The minimum absolute atomic E-state index is 0.169. The van der Waals surface area contributed by atoms with Crippen molar-refractivity contribution >= 4 is 33.3 Å². The van der Waals surface area contributed by atoms with Crippen molar-refractivity contribution in [1.29, 1.82) is 0 Å². The highest BCUT2D eigenvalue weighted by molar-refractivity contribution is 7.98. The highest BCUT2D eigenvalue weighted by Crippen LogP contribution is 2.40. The van der Waals surface area contributed by atoms with Gasteiger partial charge in [0, 0.05) is 16.9 Å². The van der Waals surface area contributed by atoms with Crippen LogP contribution in [0.3, 0.4) is 0 Å². The number of hydrogen-bond acceptors (Lipinski definition) is 8. The molecule has 0 aliphatic heterocycles.